The first-order valence-corrected chi connectivity index (χ1v) is 15.6. The van der Waals surface area contributed by atoms with Gasteiger partial charge in [-0.2, -0.15) is 0 Å². The standard InChI is InChI=1S/C35H44O7/c1-23(36)13-30-32(39-20-25-9-5-3-6-10-25)33(40-21-26-11-7-4-8-12-26)31(22-38-24(2)37)41-34(30)42-35-17-27-14-28(18-35)16-29(15-27)19-35/h3-12,27-34H,13-22H2,1-2H3/t27?,28?,29?,30-,31-,32-,33-,34+,35?/m1/s1. The van der Waals surface area contributed by atoms with Gasteiger partial charge < -0.3 is 28.5 Å². The summed E-state index contributed by atoms with van der Waals surface area (Å²) in [6, 6.07) is 20.0. The average molecular weight is 577 g/mol. The van der Waals surface area contributed by atoms with E-state index in [9.17, 15) is 9.59 Å². The molecule has 0 unspecified atom stereocenters. The predicted octanol–water partition coefficient (Wildman–Crippen LogP) is 6.03. The van der Waals surface area contributed by atoms with E-state index in [2.05, 4.69) is 0 Å². The molecule has 226 valence electrons. The van der Waals surface area contributed by atoms with Crippen molar-refractivity contribution in [2.24, 2.45) is 23.7 Å². The van der Waals surface area contributed by atoms with Crippen LogP contribution >= 0.6 is 0 Å². The van der Waals surface area contributed by atoms with E-state index >= 15 is 0 Å². The molecule has 1 heterocycles. The zero-order valence-electron chi connectivity index (χ0n) is 24.8. The number of hydrogen-bond acceptors (Lipinski definition) is 7. The Bertz CT molecular complexity index is 1160. The monoisotopic (exact) mass is 576 g/mol. The first kappa shape index (κ1) is 29.5. The van der Waals surface area contributed by atoms with Gasteiger partial charge in [0.1, 0.15) is 24.6 Å². The lowest BCUT2D eigenvalue weighted by molar-refractivity contribution is -0.341. The molecule has 5 atom stereocenters. The van der Waals surface area contributed by atoms with Crippen LogP contribution in [0, 0.1) is 23.7 Å². The number of esters is 1. The molecule has 42 heavy (non-hydrogen) atoms. The van der Waals surface area contributed by atoms with Gasteiger partial charge >= 0.3 is 5.97 Å². The Kier molecular flexibility index (Phi) is 9.10. The van der Waals surface area contributed by atoms with E-state index in [1.807, 2.05) is 60.7 Å². The van der Waals surface area contributed by atoms with Crippen LogP contribution in [0.1, 0.15) is 69.9 Å². The van der Waals surface area contributed by atoms with Crippen molar-refractivity contribution in [2.75, 3.05) is 6.61 Å². The zero-order chi connectivity index (χ0) is 29.1. The van der Waals surface area contributed by atoms with Gasteiger partial charge in [0.15, 0.2) is 6.29 Å². The third kappa shape index (κ3) is 6.96. The fourth-order valence-electron chi connectivity index (χ4n) is 8.33. The SMILES string of the molecule is CC(=O)C[C@H]1[C@H](OC23CC4CC(CC(C4)C2)C3)O[C@H](COC(C)=O)[C@@H](OCc2ccccc2)[C@@H]1OCc1ccccc1. The summed E-state index contributed by atoms with van der Waals surface area (Å²) < 4.78 is 32.6. The summed E-state index contributed by atoms with van der Waals surface area (Å²) in [4.78, 5) is 24.7. The second-order valence-corrected chi connectivity index (χ2v) is 13.2. The van der Waals surface area contributed by atoms with Crippen molar-refractivity contribution < 1.29 is 33.3 Å². The normalized spacial score (nSPS) is 35.2. The molecule has 0 radical (unpaired) electrons. The maximum Gasteiger partial charge on any atom is 0.302 e. The van der Waals surface area contributed by atoms with Crippen molar-refractivity contribution in [3.05, 3.63) is 71.8 Å². The van der Waals surface area contributed by atoms with E-state index in [1.54, 1.807) is 6.92 Å². The summed E-state index contributed by atoms with van der Waals surface area (Å²) in [6.45, 7) is 3.72. The first-order chi connectivity index (χ1) is 20.4. The van der Waals surface area contributed by atoms with Gasteiger partial charge in [0.2, 0.25) is 0 Å². The number of ether oxygens (including phenoxy) is 5. The molecular formula is C35H44O7. The van der Waals surface area contributed by atoms with Crippen molar-refractivity contribution in [3.63, 3.8) is 0 Å². The third-order valence-electron chi connectivity index (χ3n) is 9.66. The summed E-state index contributed by atoms with van der Waals surface area (Å²) in [5.41, 5.74) is 1.81. The number of ketones is 1. The lowest BCUT2D eigenvalue weighted by Gasteiger charge is -2.58. The van der Waals surface area contributed by atoms with Crippen molar-refractivity contribution >= 4 is 11.8 Å². The first-order valence-electron chi connectivity index (χ1n) is 15.6. The maximum absolute atomic E-state index is 12.7. The van der Waals surface area contributed by atoms with Gasteiger partial charge in [0.25, 0.3) is 0 Å². The quantitative estimate of drug-likeness (QED) is 0.286. The van der Waals surface area contributed by atoms with E-state index in [0.717, 1.165) is 30.4 Å². The molecule has 7 nitrogen and oxygen atoms in total. The Balaban J connectivity index is 1.31. The molecule has 1 aliphatic heterocycles. The van der Waals surface area contributed by atoms with Crippen LogP contribution in [0.15, 0.2) is 60.7 Å². The molecule has 0 spiro atoms. The average Bonchev–Trinajstić information content (AvgIpc) is 2.95. The number of hydrogen-bond donors (Lipinski definition) is 0. The highest BCUT2D eigenvalue weighted by Gasteiger charge is 2.56. The Labute approximate surface area is 249 Å². The molecule has 2 aromatic rings. The molecule has 4 saturated carbocycles. The summed E-state index contributed by atoms with van der Waals surface area (Å²) >= 11 is 0. The minimum atomic E-state index is -0.664. The van der Waals surface area contributed by atoms with Gasteiger partial charge in [-0.25, -0.2) is 0 Å². The Morgan fingerprint density at radius 3 is 1.81 bits per heavy atom. The Morgan fingerprint density at radius 2 is 1.31 bits per heavy atom. The van der Waals surface area contributed by atoms with E-state index in [-0.39, 0.29) is 36.3 Å². The number of carbonyl (C=O) groups is 2. The highest BCUT2D eigenvalue weighted by atomic mass is 16.7. The zero-order valence-corrected chi connectivity index (χ0v) is 24.8. The second-order valence-electron chi connectivity index (χ2n) is 13.2. The molecule has 4 bridgehead atoms. The van der Waals surface area contributed by atoms with Crippen molar-refractivity contribution in [1.82, 2.24) is 0 Å². The van der Waals surface area contributed by atoms with Crippen LogP contribution in [0.25, 0.3) is 0 Å². The molecule has 7 rings (SSSR count). The smallest absolute Gasteiger partial charge is 0.302 e. The van der Waals surface area contributed by atoms with Crippen LogP contribution in [0.5, 0.6) is 0 Å². The van der Waals surface area contributed by atoms with Gasteiger partial charge in [-0.3, -0.25) is 4.79 Å². The van der Waals surface area contributed by atoms with Crippen LogP contribution in [-0.2, 0) is 46.5 Å². The molecule has 5 fully saturated rings. The van der Waals surface area contributed by atoms with Gasteiger partial charge in [0, 0.05) is 19.3 Å². The Hall–Kier alpha value is -2.58. The fourth-order valence-corrected chi connectivity index (χ4v) is 8.33. The number of rotatable bonds is 12. The van der Waals surface area contributed by atoms with Crippen molar-refractivity contribution in [1.29, 1.82) is 0 Å². The molecular weight excluding hydrogens is 532 g/mol. The lowest BCUT2D eigenvalue weighted by atomic mass is 9.54. The van der Waals surface area contributed by atoms with E-state index in [4.69, 9.17) is 23.7 Å². The minimum absolute atomic E-state index is 0.0213. The van der Waals surface area contributed by atoms with Crippen LogP contribution in [0.3, 0.4) is 0 Å². The van der Waals surface area contributed by atoms with Gasteiger partial charge in [-0.05, 0) is 74.3 Å². The fraction of sp³-hybridized carbons (Fsp3) is 0.600. The molecule has 0 amide bonds. The molecule has 4 aliphatic carbocycles. The summed E-state index contributed by atoms with van der Waals surface area (Å²) in [7, 11) is 0. The summed E-state index contributed by atoms with van der Waals surface area (Å²) in [5, 5.41) is 0. The summed E-state index contributed by atoms with van der Waals surface area (Å²) in [6.07, 6.45) is 4.94. The third-order valence-corrected chi connectivity index (χ3v) is 9.66. The van der Waals surface area contributed by atoms with E-state index < -0.39 is 24.6 Å². The van der Waals surface area contributed by atoms with E-state index in [1.165, 1.54) is 26.2 Å². The topological polar surface area (TPSA) is 80.3 Å². The Morgan fingerprint density at radius 1 is 0.786 bits per heavy atom. The van der Waals surface area contributed by atoms with E-state index in [0.29, 0.717) is 31.0 Å². The predicted molar refractivity (Wildman–Crippen MR) is 156 cm³/mol. The largest absolute Gasteiger partial charge is 0.463 e. The molecule has 0 aromatic heterocycles. The molecule has 5 aliphatic rings. The maximum atomic E-state index is 12.7. The number of benzene rings is 2. The van der Waals surface area contributed by atoms with Crippen LogP contribution < -0.4 is 0 Å². The van der Waals surface area contributed by atoms with Crippen LogP contribution in [-0.4, -0.2) is 48.6 Å². The second kappa shape index (κ2) is 13.0. The van der Waals surface area contributed by atoms with Crippen molar-refractivity contribution in [3.8, 4) is 0 Å². The van der Waals surface area contributed by atoms with Crippen molar-refractivity contribution in [2.45, 2.75) is 102 Å². The van der Waals surface area contributed by atoms with Gasteiger partial charge in [-0.15, -0.1) is 0 Å². The molecule has 7 heteroatoms. The van der Waals surface area contributed by atoms with Crippen LogP contribution in [0.4, 0.5) is 0 Å². The number of Topliss-reactive ketones (excluding diaryl/α,β-unsaturated/α-hetero) is 1. The van der Waals surface area contributed by atoms with Gasteiger partial charge in [0.05, 0.1) is 24.9 Å². The minimum Gasteiger partial charge on any atom is -0.463 e. The molecule has 1 saturated heterocycles. The highest BCUT2D eigenvalue weighted by molar-refractivity contribution is 5.75. The van der Waals surface area contributed by atoms with Crippen LogP contribution in [0.2, 0.25) is 0 Å². The molecule has 0 N–H and O–H groups in total. The van der Waals surface area contributed by atoms with Gasteiger partial charge in [-0.1, -0.05) is 60.7 Å². The number of carbonyl (C=O) groups excluding carboxylic acids is 2. The highest BCUT2D eigenvalue weighted by Crippen LogP contribution is 2.58. The molecule has 2 aromatic carbocycles. The lowest BCUT2D eigenvalue weighted by Crippen LogP contribution is -2.62. The summed E-state index contributed by atoms with van der Waals surface area (Å²) in [5.74, 6) is 1.41.